The molecule has 1 saturated carbocycles. The first kappa shape index (κ1) is 13.6. The van der Waals surface area contributed by atoms with Gasteiger partial charge in [0.1, 0.15) is 5.76 Å². The number of nitrogens with two attached hydrogens (primary N) is 1. The van der Waals surface area contributed by atoms with Crippen LogP contribution in [0.2, 0.25) is 0 Å². The van der Waals surface area contributed by atoms with Crippen LogP contribution in [-0.4, -0.2) is 37.2 Å². The molecule has 0 saturated heterocycles. The van der Waals surface area contributed by atoms with E-state index in [1.165, 1.54) is 12.8 Å². The Morgan fingerprint density at radius 2 is 2.39 bits per heavy atom. The Labute approximate surface area is 109 Å². The van der Waals surface area contributed by atoms with Gasteiger partial charge < -0.3 is 14.9 Å². The highest BCUT2D eigenvalue weighted by atomic mass is 16.5. The molecule has 1 aromatic rings. The van der Waals surface area contributed by atoms with E-state index in [9.17, 15) is 0 Å². The van der Waals surface area contributed by atoms with Crippen molar-refractivity contribution in [2.24, 2.45) is 5.73 Å². The van der Waals surface area contributed by atoms with Gasteiger partial charge in [0.15, 0.2) is 0 Å². The molecule has 18 heavy (non-hydrogen) atoms. The summed E-state index contributed by atoms with van der Waals surface area (Å²) in [6.45, 7) is 1.41. The molecule has 0 amide bonds. The second-order valence-corrected chi connectivity index (χ2v) is 5.21. The van der Waals surface area contributed by atoms with Crippen molar-refractivity contribution in [2.75, 3.05) is 20.7 Å². The van der Waals surface area contributed by atoms with Crippen LogP contribution in [0.15, 0.2) is 22.8 Å². The predicted molar refractivity (Wildman–Crippen MR) is 71.2 cm³/mol. The average molecular weight is 252 g/mol. The molecule has 4 heteroatoms. The molecule has 0 aliphatic heterocycles. The van der Waals surface area contributed by atoms with Gasteiger partial charge in [0.2, 0.25) is 0 Å². The van der Waals surface area contributed by atoms with Gasteiger partial charge in [-0.2, -0.15) is 0 Å². The van der Waals surface area contributed by atoms with Crippen molar-refractivity contribution in [3.05, 3.63) is 24.2 Å². The minimum absolute atomic E-state index is 0.0558. The summed E-state index contributed by atoms with van der Waals surface area (Å²) in [4.78, 5) is 2.30. The lowest BCUT2D eigenvalue weighted by Gasteiger charge is -2.48. The van der Waals surface area contributed by atoms with E-state index in [0.717, 1.165) is 25.1 Å². The highest BCUT2D eigenvalue weighted by Crippen LogP contribution is 2.35. The zero-order valence-electron chi connectivity index (χ0n) is 11.4. The number of nitrogens with zero attached hydrogens (tertiary/aromatic N) is 1. The molecule has 4 nitrogen and oxygen atoms in total. The van der Waals surface area contributed by atoms with E-state index in [-0.39, 0.29) is 11.6 Å². The summed E-state index contributed by atoms with van der Waals surface area (Å²) in [6, 6.07) is 3.93. The fourth-order valence-corrected chi connectivity index (χ4v) is 3.15. The van der Waals surface area contributed by atoms with Crippen LogP contribution in [0.5, 0.6) is 0 Å². The molecule has 0 bridgehead atoms. The Morgan fingerprint density at radius 3 is 3.00 bits per heavy atom. The maximum Gasteiger partial charge on any atom is 0.117 e. The third-order valence-electron chi connectivity index (χ3n) is 4.30. The van der Waals surface area contributed by atoms with Crippen molar-refractivity contribution in [2.45, 2.75) is 43.9 Å². The summed E-state index contributed by atoms with van der Waals surface area (Å²) in [5, 5.41) is 0. The SMILES string of the molecule is COC1CCCCC1(CN)N(C)Cc1ccco1. The largest absolute Gasteiger partial charge is 0.468 e. The number of methoxy groups -OCH3 is 1. The fourth-order valence-electron chi connectivity index (χ4n) is 3.15. The second-order valence-electron chi connectivity index (χ2n) is 5.21. The molecule has 2 unspecified atom stereocenters. The number of ether oxygens (including phenoxy) is 1. The van der Waals surface area contributed by atoms with Gasteiger partial charge in [-0.25, -0.2) is 0 Å². The van der Waals surface area contributed by atoms with Crippen LogP contribution in [0.4, 0.5) is 0 Å². The van der Waals surface area contributed by atoms with E-state index in [0.29, 0.717) is 6.54 Å². The van der Waals surface area contributed by atoms with Crippen LogP contribution in [0.3, 0.4) is 0 Å². The van der Waals surface area contributed by atoms with Crippen molar-refractivity contribution < 1.29 is 9.15 Å². The Hall–Kier alpha value is -0.840. The average Bonchev–Trinajstić information content (AvgIpc) is 2.91. The molecule has 2 rings (SSSR count). The molecule has 1 aliphatic carbocycles. The van der Waals surface area contributed by atoms with E-state index >= 15 is 0 Å². The predicted octanol–water partition coefficient (Wildman–Crippen LogP) is 2.00. The molecule has 1 fully saturated rings. The smallest absolute Gasteiger partial charge is 0.117 e. The van der Waals surface area contributed by atoms with Gasteiger partial charge in [0.05, 0.1) is 24.5 Å². The van der Waals surface area contributed by atoms with Crippen molar-refractivity contribution in [1.82, 2.24) is 4.90 Å². The minimum atomic E-state index is -0.0558. The second kappa shape index (κ2) is 5.87. The number of hydrogen-bond donors (Lipinski definition) is 1. The highest BCUT2D eigenvalue weighted by molar-refractivity contribution is 5.04. The topological polar surface area (TPSA) is 51.6 Å². The Balaban J connectivity index is 2.13. The van der Waals surface area contributed by atoms with Crippen LogP contribution in [-0.2, 0) is 11.3 Å². The molecular formula is C14H24N2O2. The maximum atomic E-state index is 6.08. The monoisotopic (exact) mass is 252 g/mol. The lowest BCUT2D eigenvalue weighted by atomic mass is 9.77. The van der Waals surface area contributed by atoms with Crippen molar-refractivity contribution in [1.29, 1.82) is 0 Å². The summed E-state index contributed by atoms with van der Waals surface area (Å²) in [7, 11) is 3.91. The van der Waals surface area contributed by atoms with Crippen molar-refractivity contribution in [3.8, 4) is 0 Å². The summed E-state index contributed by atoms with van der Waals surface area (Å²) < 4.78 is 11.1. The van der Waals surface area contributed by atoms with Gasteiger partial charge in [-0.3, -0.25) is 4.90 Å². The summed E-state index contributed by atoms with van der Waals surface area (Å²) in [6.07, 6.45) is 6.58. The number of hydrogen-bond acceptors (Lipinski definition) is 4. The quantitative estimate of drug-likeness (QED) is 0.871. The molecule has 1 heterocycles. The maximum absolute atomic E-state index is 6.08. The van der Waals surface area contributed by atoms with Gasteiger partial charge >= 0.3 is 0 Å². The van der Waals surface area contributed by atoms with Crippen LogP contribution < -0.4 is 5.73 Å². The molecule has 0 radical (unpaired) electrons. The molecule has 0 aromatic carbocycles. The number of rotatable bonds is 5. The Morgan fingerprint density at radius 1 is 1.56 bits per heavy atom. The van der Waals surface area contributed by atoms with E-state index < -0.39 is 0 Å². The first-order valence-corrected chi connectivity index (χ1v) is 6.69. The Kier molecular flexibility index (Phi) is 4.43. The first-order valence-electron chi connectivity index (χ1n) is 6.69. The molecule has 102 valence electrons. The lowest BCUT2D eigenvalue weighted by molar-refractivity contribution is -0.0704. The molecule has 1 aliphatic rings. The summed E-state index contributed by atoms with van der Waals surface area (Å²) >= 11 is 0. The molecule has 2 atom stereocenters. The number of likely N-dealkylation sites (N-methyl/N-ethyl adjacent to an activating group) is 1. The van der Waals surface area contributed by atoms with E-state index in [1.54, 1.807) is 13.4 Å². The van der Waals surface area contributed by atoms with E-state index in [2.05, 4.69) is 11.9 Å². The summed E-state index contributed by atoms with van der Waals surface area (Å²) in [5.74, 6) is 0.978. The third-order valence-corrected chi connectivity index (χ3v) is 4.30. The van der Waals surface area contributed by atoms with Crippen LogP contribution in [0.1, 0.15) is 31.4 Å². The Bertz CT molecular complexity index is 353. The molecule has 0 spiro atoms. The van der Waals surface area contributed by atoms with E-state index in [4.69, 9.17) is 14.9 Å². The van der Waals surface area contributed by atoms with Gasteiger partial charge in [0.25, 0.3) is 0 Å². The standard InChI is InChI=1S/C14H24N2O2/c1-16(10-12-6-5-9-18-12)14(11-15)8-4-3-7-13(14)17-2/h5-6,9,13H,3-4,7-8,10-11,15H2,1-2H3. The van der Waals surface area contributed by atoms with Crippen molar-refractivity contribution >= 4 is 0 Å². The summed E-state index contributed by atoms with van der Waals surface area (Å²) in [5.41, 5.74) is 6.03. The molecule has 1 aromatic heterocycles. The zero-order valence-corrected chi connectivity index (χ0v) is 11.4. The van der Waals surface area contributed by atoms with Gasteiger partial charge in [0, 0.05) is 13.7 Å². The van der Waals surface area contributed by atoms with Crippen LogP contribution in [0.25, 0.3) is 0 Å². The van der Waals surface area contributed by atoms with Crippen LogP contribution >= 0.6 is 0 Å². The zero-order chi connectivity index (χ0) is 13.0. The first-order chi connectivity index (χ1) is 8.73. The van der Waals surface area contributed by atoms with Gasteiger partial charge in [-0.1, -0.05) is 12.8 Å². The van der Waals surface area contributed by atoms with Crippen LogP contribution in [0, 0.1) is 0 Å². The highest BCUT2D eigenvalue weighted by Gasteiger charge is 2.43. The third kappa shape index (κ3) is 2.46. The van der Waals surface area contributed by atoms with Gasteiger partial charge in [-0.15, -0.1) is 0 Å². The normalized spacial score (nSPS) is 28.8. The van der Waals surface area contributed by atoms with Gasteiger partial charge in [-0.05, 0) is 32.0 Å². The molecular weight excluding hydrogens is 228 g/mol. The number of furan rings is 1. The van der Waals surface area contributed by atoms with E-state index in [1.807, 2.05) is 12.1 Å². The minimum Gasteiger partial charge on any atom is -0.468 e. The lowest BCUT2D eigenvalue weighted by Crippen LogP contribution is -2.61. The fraction of sp³-hybridized carbons (Fsp3) is 0.714. The van der Waals surface area contributed by atoms with Crippen molar-refractivity contribution in [3.63, 3.8) is 0 Å². The molecule has 2 N–H and O–H groups in total.